The molecule has 7 nitrogen and oxygen atoms in total. The van der Waals surface area contributed by atoms with Crippen molar-refractivity contribution in [3.05, 3.63) is 99.9 Å². The molecule has 0 fully saturated rings. The van der Waals surface area contributed by atoms with E-state index in [1.165, 1.54) is 6.08 Å². The third-order valence-electron chi connectivity index (χ3n) is 6.32. The Morgan fingerprint density at radius 2 is 1.90 bits per heavy atom. The van der Waals surface area contributed by atoms with Crippen LogP contribution >= 0.6 is 11.6 Å². The zero-order valence-corrected chi connectivity index (χ0v) is 23.2. The summed E-state index contributed by atoms with van der Waals surface area (Å²) >= 11 is 6.14. The summed E-state index contributed by atoms with van der Waals surface area (Å²) in [6.45, 7) is 5.10. The first-order chi connectivity index (χ1) is 19.4. The van der Waals surface area contributed by atoms with Gasteiger partial charge in [0.1, 0.15) is 23.1 Å². The highest BCUT2D eigenvalue weighted by molar-refractivity contribution is 6.32. The molecule has 1 unspecified atom stereocenters. The Morgan fingerprint density at radius 3 is 2.65 bits per heavy atom. The summed E-state index contributed by atoms with van der Waals surface area (Å²) in [7, 11) is 0. The van der Waals surface area contributed by atoms with Gasteiger partial charge >= 0.3 is 5.97 Å². The summed E-state index contributed by atoms with van der Waals surface area (Å²) in [6, 6.07) is 20.0. The number of nitrogens with zero attached hydrogens (tertiary/aromatic N) is 1. The molecule has 1 atom stereocenters. The Balaban J connectivity index is 1.60. The summed E-state index contributed by atoms with van der Waals surface area (Å²) in [5.74, 6) is 0.800. The van der Waals surface area contributed by atoms with E-state index in [4.69, 9.17) is 36.3 Å². The van der Waals surface area contributed by atoms with E-state index in [0.29, 0.717) is 46.6 Å². The molecule has 2 N–H and O–H groups in total. The van der Waals surface area contributed by atoms with Crippen LogP contribution < -0.4 is 24.7 Å². The van der Waals surface area contributed by atoms with Crippen molar-refractivity contribution in [1.82, 2.24) is 0 Å². The number of fused-ring (bicyclic) bond motifs is 1. The maximum Gasteiger partial charge on any atom is 0.336 e. The molecule has 0 saturated carbocycles. The Kier molecular flexibility index (Phi) is 9.71. The number of rotatable bonds is 11. The van der Waals surface area contributed by atoms with Crippen molar-refractivity contribution < 1.29 is 23.7 Å². The average molecular weight is 559 g/mol. The molecular formula is C32H31ClN2O5. The molecule has 0 radical (unpaired) electrons. The quantitative estimate of drug-likeness (QED) is 0.115. The Bertz CT molecular complexity index is 1470. The molecule has 3 aromatic rings. The van der Waals surface area contributed by atoms with Crippen molar-refractivity contribution in [3.8, 4) is 29.1 Å². The van der Waals surface area contributed by atoms with Crippen molar-refractivity contribution >= 4 is 23.6 Å². The van der Waals surface area contributed by atoms with E-state index in [1.807, 2.05) is 37.3 Å². The van der Waals surface area contributed by atoms with E-state index in [9.17, 15) is 10.1 Å². The van der Waals surface area contributed by atoms with Crippen LogP contribution in [0.1, 0.15) is 55.7 Å². The Labute approximate surface area is 239 Å². The number of unbranched alkanes of at least 4 members (excludes halogenated alkanes) is 2. The van der Waals surface area contributed by atoms with Gasteiger partial charge in [-0.15, -0.1) is 0 Å². The minimum Gasteiger partial charge on any atom is -0.490 e. The zero-order valence-electron chi connectivity index (χ0n) is 22.5. The van der Waals surface area contributed by atoms with E-state index in [2.05, 4.69) is 13.0 Å². The van der Waals surface area contributed by atoms with Gasteiger partial charge in [-0.2, -0.15) is 5.26 Å². The molecule has 0 saturated heterocycles. The molecule has 1 heterocycles. The number of allylic oxidation sites excluding steroid dienone is 1. The van der Waals surface area contributed by atoms with Crippen LogP contribution in [0.2, 0.25) is 5.02 Å². The van der Waals surface area contributed by atoms with Gasteiger partial charge in [0.2, 0.25) is 5.88 Å². The maximum absolute atomic E-state index is 12.5. The average Bonchev–Trinajstić information content (AvgIpc) is 2.95. The zero-order chi connectivity index (χ0) is 28.5. The van der Waals surface area contributed by atoms with Gasteiger partial charge in [-0.05, 0) is 54.8 Å². The highest BCUT2D eigenvalue weighted by Gasteiger charge is 2.31. The summed E-state index contributed by atoms with van der Waals surface area (Å²) < 4.78 is 23.1. The molecule has 3 aromatic carbocycles. The summed E-state index contributed by atoms with van der Waals surface area (Å²) in [5, 5.41) is 10.5. The number of hydrogen-bond donors (Lipinski definition) is 1. The molecule has 8 heteroatoms. The third kappa shape index (κ3) is 6.77. The number of ether oxygens (including phenoxy) is 4. The minimum absolute atomic E-state index is 0.0139. The SMILES string of the molecule is CCCCCOc1ccc(C2C(C#N)=C(N)Oc3cc(OC(=O)/C=C/c4ccccc4Cl)ccc32)cc1OCC. The number of halogens is 1. The lowest BCUT2D eigenvalue weighted by Gasteiger charge is -2.27. The molecule has 206 valence electrons. The second kappa shape index (κ2) is 13.6. The van der Waals surface area contributed by atoms with Crippen LogP contribution in [0.15, 0.2) is 78.2 Å². The second-order valence-electron chi connectivity index (χ2n) is 9.10. The lowest BCUT2D eigenvalue weighted by atomic mass is 9.83. The fourth-order valence-electron chi connectivity index (χ4n) is 4.39. The predicted octanol–water partition coefficient (Wildman–Crippen LogP) is 7.14. The standard InChI is InChI=1S/C32H31ClN2O5/c1-3-5-8-17-38-27-15-11-22(18-29(27)37-4-2)31-24-14-13-23(19-28(24)40-32(35)25(31)20-34)39-30(36)16-12-21-9-6-7-10-26(21)33/h6-7,9-16,18-19,31H,3-5,8,17,35H2,1-2H3/b16-12+. The molecule has 0 aromatic heterocycles. The van der Waals surface area contributed by atoms with Crippen molar-refractivity contribution in [2.75, 3.05) is 13.2 Å². The lowest BCUT2D eigenvalue weighted by Crippen LogP contribution is -2.21. The maximum atomic E-state index is 12.5. The largest absolute Gasteiger partial charge is 0.490 e. The summed E-state index contributed by atoms with van der Waals surface area (Å²) in [6.07, 6.45) is 6.04. The van der Waals surface area contributed by atoms with Crippen LogP contribution in [-0.2, 0) is 4.79 Å². The molecule has 1 aliphatic heterocycles. The smallest absolute Gasteiger partial charge is 0.336 e. The number of carbonyl (C=O) groups excluding carboxylic acids is 1. The molecule has 0 aliphatic carbocycles. The van der Waals surface area contributed by atoms with Crippen LogP contribution in [-0.4, -0.2) is 19.2 Å². The summed E-state index contributed by atoms with van der Waals surface area (Å²) in [5.41, 5.74) is 8.65. The minimum atomic E-state index is -0.579. The van der Waals surface area contributed by atoms with Crippen molar-refractivity contribution in [3.63, 3.8) is 0 Å². The second-order valence-corrected chi connectivity index (χ2v) is 9.50. The van der Waals surface area contributed by atoms with Gasteiger partial charge in [-0.25, -0.2) is 4.79 Å². The number of carbonyl (C=O) groups is 1. The van der Waals surface area contributed by atoms with Crippen molar-refractivity contribution in [2.45, 2.75) is 39.0 Å². The van der Waals surface area contributed by atoms with E-state index in [-0.39, 0.29) is 17.2 Å². The van der Waals surface area contributed by atoms with E-state index in [0.717, 1.165) is 24.8 Å². The van der Waals surface area contributed by atoms with Crippen LogP contribution in [0.5, 0.6) is 23.0 Å². The molecule has 1 aliphatic rings. The van der Waals surface area contributed by atoms with E-state index >= 15 is 0 Å². The van der Waals surface area contributed by atoms with Gasteiger partial charge < -0.3 is 24.7 Å². The first kappa shape index (κ1) is 28.6. The van der Waals surface area contributed by atoms with E-state index < -0.39 is 11.9 Å². The first-order valence-electron chi connectivity index (χ1n) is 13.2. The van der Waals surface area contributed by atoms with Crippen LogP contribution in [0.25, 0.3) is 6.08 Å². The highest BCUT2D eigenvalue weighted by Crippen LogP contribution is 2.45. The predicted molar refractivity (Wildman–Crippen MR) is 154 cm³/mol. The van der Waals surface area contributed by atoms with Crippen molar-refractivity contribution in [1.29, 1.82) is 5.26 Å². The van der Waals surface area contributed by atoms with Crippen LogP contribution in [0, 0.1) is 11.3 Å². The fraction of sp³-hybridized carbons (Fsp3) is 0.250. The van der Waals surface area contributed by atoms with E-state index in [1.54, 1.807) is 36.4 Å². The molecule has 0 spiro atoms. The van der Waals surface area contributed by atoms with Crippen molar-refractivity contribution in [2.24, 2.45) is 5.73 Å². The first-order valence-corrected chi connectivity index (χ1v) is 13.6. The van der Waals surface area contributed by atoms with Gasteiger partial charge in [-0.1, -0.05) is 61.7 Å². The Morgan fingerprint density at radius 1 is 1.07 bits per heavy atom. The fourth-order valence-corrected chi connectivity index (χ4v) is 4.59. The van der Waals surface area contributed by atoms with Gasteiger partial charge in [-0.3, -0.25) is 0 Å². The molecule has 0 bridgehead atoms. The topological polar surface area (TPSA) is 104 Å². The van der Waals surface area contributed by atoms with Gasteiger partial charge in [0.05, 0.1) is 19.1 Å². The normalized spacial score (nSPS) is 14.3. The number of nitrogens with two attached hydrogens (primary N) is 1. The molecule has 0 amide bonds. The third-order valence-corrected chi connectivity index (χ3v) is 6.66. The van der Waals surface area contributed by atoms with Crippen LogP contribution in [0.3, 0.4) is 0 Å². The lowest BCUT2D eigenvalue weighted by molar-refractivity contribution is -0.128. The molecule has 4 rings (SSSR count). The molecular weight excluding hydrogens is 528 g/mol. The number of nitriles is 1. The highest BCUT2D eigenvalue weighted by atomic mass is 35.5. The van der Waals surface area contributed by atoms with Gasteiger partial charge in [0.25, 0.3) is 0 Å². The van der Waals surface area contributed by atoms with Crippen LogP contribution in [0.4, 0.5) is 0 Å². The van der Waals surface area contributed by atoms with Gasteiger partial charge in [0, 0.05) is 22.7 Å². The number of hydrogen-bond acceptors (Lipinski definition) is 7. The Hall–Kier alpha value is -4.41. The number of benzene rings is 3. The number of esters is 1. The van der Waals surface area contributed by atoms with Gasteiger partial charge in [0.15, 0.2) is 11.5 Å². The monoisotopic (exact) mass is 558 g/mol. The molecule has 40 heavy (non-hydrogen) atoms. The summed E-state index contributed by atoms with van der Waals surface area (Å²) in [4.78, 5) is 12.5.